The Labute approximate surface area is 160 Å². The Morgan fingerprint density at radius 1 is 1.00 bits per heavy atom. The fraction of sp³-hybridized carbons (Fsp3) is 0.316. The molecule has 0 bridgehead atoms. The molecule has 28 heavy (non-hydrogen) atoms. The van der Waals surface area contributed by atoms with Gasteiger partial charge in [0.15, 0.2) is 0 Å². The zero-order valence-electron chi connectivity index (χ0n) is 15.2. The second kappa shape index (κ2) is 7.63. The van der Waals surface area contributed by atoms with E-state index in [1.807, 2.05) is 18.2 Å². The third-order valence-electron chi connectivity index (χ3n) is 4.86. The van der Waals surface area contributed by atoms with Crippen LogP contribution >= 0.6 is 0 Å². The summed E-state index contributed by atoms with van der Waals surface area (Å²) < 4.78 is 2.07. The van der Waals surface area contributed by atoms with E-state index in [9.17, 15) is 14.4 Å². The van der Waals surface area contributed by atoms with Crippen molar-refractivity contribution in [3.05, 3.63) is 80.1 Å². The summed E-state index contributed by atoms with van der Waals surface area (Å²) >= 11 is 0. The molecule has 0 fully saturated rings. The van der Waals surface area contributed by atoms with Crippen molar-refractivity contribution >= 4 is 5.91 Å². The number of nitrogens with one attached hydrogen (secondary N) is 2. The first-order valence-corrected chi connectivity index (χ1v) is 9.18. The molecule has 9 heteroatoms. The van der Waals surface area contributed by atoms with Crippen LogP contribution in [0.3, 0.4) is 0 Å². The molecule has 2 N–H and O–H groups in total. The monoisotopic (exact) mass is 380 g/mol. The molecule has 0 aliphatic carbocycles. The van der Waals surface area contributed by atoms with Crippen molar-refractivity contribution in [2.45, 2.75) is 25.8 Å². The van der Waals surface area contributed by atoms with Gasteiger partial charge < -0.3 is 14.5 Å². The first kappa shape index (κ1) is 17.9. The number of hydrogen-bond donors (Lipinski definition) is 2. The van der Waals surface area contributed by atoms with E-state index in [-0.39, 0.29) is 11.6 Å². The largest absolute Gasteiger partial charge is 0.335 e. The maximum Gasteiger partial charge on any atom is 0.326 e. The van der Waals surface area contributed by atoms with Gasteiger partial charge in [-0.05, 0) is 12.0 Å². The van der Waals surface area contributed by atoms with Crippen LogP contribution in [0.5, 0.6) is 0 Å². The molecule has 0 saturated carbocycles. The van der Waals surface area contributed by atoms with Crippen LogP contribution in [0.25, 0.3) is 0 Å². The van der Waals surface area contributed by atoms with Gasteiger partial charge in [-0.2, -0.15) is 0 Å². The number of H-pyrrole nitrogens is 2. The van der Waals surface area contributed by atoms with Crippen molar-refractivity contribution in [2.24, 2.45) is 0 Å². The van der Waals surface area contributed by atoms with E-state index in [0.717, 1.165) is 30.6 Å². The Bertz CT molecular complexity index is 1070. The van der Waals surface area contributed by atoms with Gasteiger partial charge in [-0.15, -0.1) is 10.2 Å². The molecule has 1 amide bonds. The number of aromatic amines is 2. The van der Waals surface area contributed by atoms with Gasteiger partial charge in [0.25, 0.3) is 11.5 Å². The number of carbonyl (C=O) groups excluding carboxylic acids is 1. The van der Waals surface area contributed by atoms with Gasteiger partial charge in [0.2, 0.25) is 0 Å². The Balaban J connectivity index is 1.46. The lowest BCUT2D eigenvalue weighted by Gasteiger charge is -2.19. The van der Waals surface area contributed by atoms with E-state index in [1.165, 1.54) is 5.56 Å². The van der Waals surface area contributed by atoms with Gasteiger partial charge in [0.05, 0.1) is 0 Å². The predicted molar refractivity (Wildman–Crippen MR) is 101 cm³/mol. The smallest absolute Gasteiger partial charge is 0.326 e. The molecular weight excluding hydrogens is 360 g/mol. The summed E-state index contributed by atoms with van der Waals surface area (Å²) in [7, 11) is 0. The molecule has 0 saturated heterocycles. The normalized spacial score (nSPS) is 13.8. The zero-order chi connectivity index (χ0) is 19.5. The molecule has 0 radical (unpaired) electrons. The maximum absolute atomic E-state index is 12.7. The van der Waals surface area contributed by atoms with Crippen molar-refractivity contribution in [1.29, 1.82) is 0 Å². The summed E-state index contributed by atoms with van der Waals surface area (Å²) in [5.74, 6) is 1.38. The Hall–Kier alpha value is -3.49. The molecule has 1 aliphatic heterocycles. The van der Waals surface area contributed by atoms with Gasteiger partial charge >= 0.3 is 5.69 Å². The molecule has 0 spiro atoms. The number of rotatable bonds is 4. The van der Waals surface area contributed by atoms with Gasteiger partial charge in [0.1, 0.15) is 17.3 Å². The van der Waals surface area contributed by atoms with Gasteiger partial charge in [-0.1, -0.05) is 30.3 Å². The number of aromatic nitrogens is 5. The second-order valence-corrected chi connectivity index (χ2v) is 6.71. The van der Waals surface area contributed by atoms with Crippen LogP contribution in [-0.4, -0.2) is 48.6 Å². The lowest BCUT2D eigenvalue weighted by Crippen LogP contribution is -2.37. The Kier molecular flexibility index (Phi) is 4.88. The fourth-order valence-electron chi connectivity index (χ4n) is 3.43. The number of aryl methyl sites for hydroxylation is 2. The summed E-state index contributed by atoms with van der Waals surface area (Å²) in [6, 6.07) is 11.3. The van der Waals surface area contributed by atoms with Crippen molar-refractivity contribution in [2.75, 3.05) is 13.1 Å². The zero-order valence-corrected chi connectivity index (χ0v) is 15.2. The van der Waals surface area contributed by atoms with Crippen LogP contribution in [0.1, 0.15) is 27.7 Å². The number of benzene rings is 1. The van der Waals surface area contributed by atoms with Crippen LogP contribution in [-0.2, 0) is 25.8 Å². The maximum atomic E-state index is 12.7. The summed E-state index contributed by atoms with van der Waals surface area (Å²) in [6.07, 6.45) is 2.21. The molecule has 3 heterocycles. The summed E-state index contributed by atoms with van der Waals surface area (Å²) in [6.45, 7) is 1.48. The number of hydrogen-bond acceptors (Lipinski definition) is 5. The average Bonchev–Trinajstić information content (AvgIpc) is 2.95. The van der Waals surface area contributed by atoms with Crippen LogP contribution < -0.4 is 11.2 Å². The third kappa shape index (κ3) is 3.78. The molecule has 9 nitrogen and oxygen atoms in total. The molecule has 4 rings (SSSR count). The van der Waals surface area contributed by atoms with Crippen molar-refractivity contribution in [3.63, 3.8) is 0 Å². The molecule has 0 atom stereocenters. The molecular formula is C19H20N6O3. The molecule has 3 aromatic rings. The molecule has 2 aromatic heterocycles. The first-order valence-electron chi connectivity index (χ1n) is 9.18. The standard InChI is InChI=1S/C19H20N6O3/c26-17-12-14(20-19(28)21-17)18(27)24-9-8-16-23-22-15(25(16)11-10-24)7-6-13-4-2-1-3-5-13/h1-5,12H,6-11H2,(H2,20,21,26,28). The minimum atomic E-state index is -0.689. The van der Waals surface area contributed by atoms with Crippen LogP contribution in [0.4, 0.5) is 0 Å². The van der Waals surface area contributed by atoms with Gasteiger partial charge in [-0.25, -0.2) is 4.79 Å². The number of carbonyl (C=O) groups is 1. The minimum Gasteiger partial charge on any atom is -0.335 e. The van der Waals surface area contributed by atoms with Gasteiger partial charge in [0, 0.05) is 38.5 Å². The van der Waals surface area contributed by atoms with Gasteiger partial charge in [-0.3, -0.25) is 14.6 Å². The van der Waals surface area contributed by atoms with E-state index in [0.29, 0.717) is 26.1 Å². The second-order valence-electron chi connectivity index (χ2n) is 6.71. The summed E-state index contributed by atoms with van der Waals surface area (Å²) in [5.41, 5.74) is -0.0486. The number of amides is 1. The molecule has 144 valence electrons. The Morgan fingerprint density at radius 3 is 2.61 bits per heavy atom. The molecule has 1 aliphatic rings. The summed E-state index contributed by atoms with van der Waals surface area (Å²) in [4.78, 5) is 41.7. The minimum absolute atomic E-state index is 0.00397. The van der Waals surface area contributed by atoms with E-state index in [1.54, 1.807) is 4.90 Å². The first-order chi connectivity index (χ1) is 13.6. The predicted octanol–water partition coefficient (Wildman–Crippen LogP) is 0.138. The van der Waals surface area contributed by atoms with Crippen molar-refractivity contribution in [3.8, 4) is 0 Å². The topological polar surface area (TPSA) is 117 Å². The quantitative estimate of drug-likeness (QED) is 0.668. The van der Waals surface area contributed by atoms with Crippen LogP contribution in [0.15, 0.2) is 46.0 Å². The molecule has 0 unspecified atom stereocenters. The van der Waals surface area contributed by atoms with E-state index < -0.39 is 11.2 Å². The highest BCUT2D eigenvalue weighted by atomic mass is 16.2. The van der Waals surface area contributed by atoms with Crippen molar-refractivity contribution in [1.82, 2.24) is 29.6 Å². The molecule has 1 aromatic carbocycles. The third-order valence-corrected chi connectivity index (χ3v) is 4.86. The SMILES string of the molecule is O=C(c1cc(=O)[nH]c(=O)[nH]1)N1CCc2nnc(CCc3ccccc3)n2CC1. The van der Waals surface area contributed by atoms with E-state index >= 15 is 0 Å². The average molecular weight is 380 g/mol. The number of nitrogens with zero attached hydrogens (tertiary/aromatic N) is 4. The van der Waals surface area contributed by atoms with Crippen LogP contribution in [0.2, 0.25) is 0 Å². The van der Waals surface area contributed by atoms with Crippen molar-refractivity contribution < 1.29 is 4.79 Å². The lowest BCUT2D eigenvalue weighted by molar-refractivity contribution is 0.0752. The lowest BCUT2D eigenvalue weighted by atomic mass is 10.1. The number of fused-ring (bicyclic) bond motifs is 1. The Morgan fingerprint density at radius 2 is 1.82 bits per heavy atom. The van der Waals surface area contributed by atoms with Crippen LogP contribution in [0, 0.1) is 0 Å². The highest BCUT2D eigenvalue weighted by Gasteiger charge is 2.23. The van der Waals surface area contributed by atoms with E-state index in [2.05, 4.69) is 36.9 Å². The highest BCUT2D eigenvalue weighted by Crippen LogP contribution is 2.13. The van der Waals surface area contributed by atoms with E-state index in [4.69, 9.17) is 0 Å². The summed E-state index contributed by atoms with van der Waals surface area (Å²) in [5, 5.41) is 8.61. The highest BCUT2D eigenvalue weighted by molar-refractivity contribution is 5.92. The fourth-order valence-corrected chi connectivity index (χ4v) is 3.43.